The van der Waals surface area contributed by atoms with E-state index in [1.807, 2.05) is 36.1 Å². The van der Waals surface area contributed by atoms with Crippen LogP contribution in [0.1, 0.15) is 99.9 Å². The molecular weight excluding hydrogens is 360 g/mol. The Bertz CT molecular complexity index is 732. The second kappa shape index (κ2) is 8.89. The zero-order valence-corrected chi connectivity index (χ0v) is 17.9. The molecule has 2 saturated carbocycles. The maximum absolute atomic E-state index is 13.7. The highest BCUT2D eigenvalue weighted by molar-refractivity contribution is 6.02. The summed E-state index contributed by atoms with van der Waals surface area (Å²) >= 11 is 0. The van der Waals surface area contributed by atoms with Gasteiger partial charge in [-0.3, -0.25) is 9.59 Å². The largest absolute Gasteiger partial charge is 0.351 e. The summed E-state index contributed by atoms with van der Waals surface area (Å²) in [6.45, 7) is 2.01. The van der Waals surface area contributed by atoms with Crippen LogP contribution < -0.4 is 5.32 Å². The zero-order valence-electron chi connectivity index (χ0n) is 17.9. The van der Waals surface area contributed by atoms with Gasteiger partial charge in [-0.15, -0.1) is 0 Å². The van der Waals surface area contributed by atoms with Crippen LogP contribution in [0.3, 0.4) is 0 Å². The molecule has 4 nitrogen and oxygen atoms in total. The Balaban J connectivity index is 1.61. The van der Waals surface area contributed by atoms with Crippen LogP contribution in [-0.4, -0.2) is 34.3 Å². The summed E-state index contributed by atoms with van der Waals surface area (Å²) < 4.78 is 0. The molecule has 2 aliphatic carbocycles. The number of benzene rings is 1. The Morgan fingerprint density at radius 3 is 2.24 bits per heavy atom. The van der Waals surface area contributed by atoms with Gasteiger partial charge >= 0.3 is 0 Å². The molecule has 1 heterocycles. The molecule has 158 valence electrons. The van der Waals surface area contributed by atoms with E-state index in [1.165, 1.54) is 38.5 Å². The monoisotopic (exact) mass is 396 g/mol. The topological polar surface area (TPSA) is 49.4 Å². The predicted molar refractivity (Wildman–Crippen MR) is 116 cm³/mol. The van der Waals surface area contributed by atoms with E-state index in [2.05, 4.69) is 5.32 Å². The van der Waals surface area contributed by atoms with Crippen molar-refractivity contribution in [3.63, 3.8) is 0 Å². The van der Waals surface area contributed by atoms with Crippen LogP contribution >= 0.6 is 0 Å². The Hall–Kier alpha value is -1.84. The van der Waals surface area contributed by atoms with Crippen LogP contribution in [0, 0.1) is 0 Å². The van der Waals surface area contributed by atoms with Gasteiger partial charge in [0.25, 0.3) is 5.91 Å². The van der Waals surface area contributed by atoms with E-state index < -0.39 is 5.54 Å². The Morgan fingerprint density at radius 2 is 1.52 bits per heavy atom. The van der Waals surface area contributed by atoms with E-state index in [9.17, 15) is 9.59 Å². The van der Waals surface area contributed by atoms with Crippen molar-refractivity contribution in [1.29, 1.82) is 0 Å². The molecule has 4 heteroatoms. The number of carbonyl (C=O) groups is 2. The van der Waals surface area contributed by atoms with Crippen LogP contribution in [0.25, 0.3) is 0 Å². The lowest BCUT2D eigenvalue weighted by Crippen LogP contribution is -2.66. The molecular formula is C25H36N2O2. The fourth-order valence-corrected chi connectivity index (χ4v) is 5.73. The van der Waals surface area contributed by atoms with Crippen LogP contribution in [0.2, 0.25) is 0 Å². The maximum Gasteiger partial charge on any atom is 0.255 e. The molecule has 0 spiro atoms. The molecule has 1 N–H and O–H groups in total. The SMILES string of the molecule is C[C@]1(C(=O)NC2CCCCCCC2)Cc2ccccc2C(=O)N1C1CCCCC1. The van der Waals surface area contributed by atoms with Crippen molar-refractivity contribution in [3.05, 3.63) is 35.4 Å². The number of nitrogens with one attached hydrogen (secondary N) is 1. The second-order valence-corrected chi connectivity index (χ2v) is 9.59. The van der Waals surface area contributed by atoms with Gasteiger partial charge in [-0.25, -0.2) is 0 Å². The first-order valence-corrected chi connectivity index (χ1v) is 11.8. The molecule has 0 saturated heterocycles. The third kappa shape index (κ3) is 4.22. The number of carbonyl (C=O) groups excluding carboxylic acids is 2. The van der Waals surface area contributed by atoms with E-state index in [0.717, 1.165) is 49.7 Å². The average molecular weight is 397 g/mol. The van der Waals surface area contributed by atoms with E-state index in [1.54, 1.807) is 0 Å². The highest BCUT2D eigenvalue weighted by Crippen LogP contribution is 2.37. The lowest BCUT2D eigenvalue weighted by atomic mass is 9.79. The first-order valence-electron chi connectivity index (χ1n) is 11.8. The zero-order chi connectivity index (χ0) is 20.3. The molecule has 0 bridgehead atoms. The van der Waals surface area contributed by atoms with Gasteiger partial charge in [0.2, 0.25) is 5.91 Å². The third-order valence-electron chi connectivity index (χ3n) is 7.40. The van der Waals surface area contributed by atoms with Gasteiger partial charge < -0.3 is 10.2 Å². The summed E-state index contributed by atoms with van der Waals surface area (Å²) in [5, 5.41) is 3.38. The third-order valence-corrected chi connectivity index (χ3v) is 7.40. The van der Waals surface area contributed by atoms with E-state index in [0.29, 0.717) is 6.42 Å². The lowest BCUT2D eigenvalue weighted by molar-refractivity contribution is -0.134. The molecule has 0 radical (unpaired) electrons. The molecule has 2 amide bonds. The van der Waals surface area contributed by atoms with E-state index in [-0.39, 0.29) is 23.9 Å². The minimum absolute atomic E-state index is 0.0501. The summed E-state index contributed by atoms with van der Waals surface area (Å²) in [4.78, 5) is 29.2. The Labute approximate surface area is 175 Å². The summed E-state index contributed by atoms with van der Waals surface area (Å²) in [5.41, 5.74) is 1.00. The predicted octanol–water partition coefficient (Wildman–Crippen LogP) is 5.01. The molecule has 1 aromatic rings. The fourth-order valence-electron chi connectivity index (χ4n) is 5.73. The average Bonchev–Trinajstić information content (AvgIpc) is 2.70. The Kier molecular flexibility index (Phi) is 6.26. The summed E-state index contributed by atoms with van der Waals surface area (Å²) in [7, 11) is 0. The van der Waals surface area contributed by atoms with Crippen molar-refractivity contribution < 1.29 is 9.59 Å². The normalized spacial score (nSPS) is 27.1. The van der Waals surface area contributed by atoms with Crippen molar-refractivity contribution in [3.8, 4) is 0 Å². The molecule has 1 atom stereocenters. The number of nitrogens with zero attached hydrogens (tertiary/aromatic N) is 1. The summed E-state index contributed by atoms with van der Waals surface area (Å²) in [6, 6.07) is 8.30. The van der Waals surface area contributed by atoms with Crippen molar-refractivity contribution in [2.45, 2.75) is 108 Å². The van der Waals surface area contributed by atoms with Crippen LogP contribution in [-0.2, 0) is 11.2 Å². The van der Waals surface area contributed by atoms with Gasteiger partial charge in [0.1, 0.15) is 5.54 Å². The number of hydrogen-bond acceptors (Lipinski definition) is 2. The Morgan fingerprint density at radius 1 is 0.931 bits per heavy atom. The van der Waals surface area contributed by atoms with Gasteiger partial charge in [-0.05, 0) is 44.2 Å². The number of amides is 2. The molecule has 1 aromatic carbocycles. The van der Waals surface area contributed by atoms with Crippen LogP contribution in [0.4, 0.5) is 0 Å². The quantitative estimate of drug-likeness (QED) is 0.781. The standard InChI is InChI=1S/C25H36N2O2/c1-25(24(29)26-20-13-6-3-2-4-7-14-20)18-19-12-10-11-17-22(19)23(28)27(25)21-15-8-5-9-16-21/h10-12,17,20-21H,2-9,13-16,18H2,1H3,(H,26,29)/t25-/m1/s1. The van der Waals surface area contributed by atoms with Crippen LogP contribution in [0.5, 0.6) is 0 Å². The van der Waals surface area contributed by atoms with Gasteiger partial charge in [0, 0.05) is 24.1 Å². The first kappa shape index (κ1) is 20.4. The number of hydrogen-bond donors (Lipinski definition) is 1. The highest BCUT2D eigenvalue weighted by atomic mass is 16.2. The van der Waals surface area contributed by atoms with Gasteiger partial charge in [-0.1, -0.05) is 69.6 Å². The van der Waals surface area contributed by atoms with Crippen molar-refractivity contribution >= 4 is 11.8 Å². The summed E-state index contributed by atoms with van der Waals surface area (Å²) in [6.07, 6.45) is 14.5. The fraction of sp³-hybridized carbons (Fsp3) is 0.680. The van der Waals surface area contributed by atoms with Gasteiger partial charge in [-0.2, -0.15) is 0 Å². The number of fused-ring (bicyclic) bond motifs is 1. The minimum atomic E-state index is -0.796. The van der Waals surface area contributed by atoms with Gasteiger partial charge in [0.05, 0.1) is 0 Å². The second-order valence-electron chi connectivity index (χ2n) is 9.59. The molecule has 29 heavy (non-hydrogen) atoms. The summed E-state index contributed by atoms with van der Waals surface area (Å²) in [5.74, 6) is 0.102. The van der Waals surface area contributed by atoms with Crippen molar-refractivity contribution in [2.24, 2.45) is 0 Å². The lowest BCUT2D eigenvalue weighted by Gasteiger charge is -2.49. The number of rotatable bonds is 3. The molecule has 0 unspecified atom stereocenters. The van der Waals surface area contributed by atoms with Crippen molar-refractivity contribution in [1.82, 2.24) is 10.2 Å². The van der Waals surface area contributed by atoms with Crippen LogP contribution in [0.15, 0.2) is 24.3 Å². The molecule has 4 rings (SSSR count). The first-order chi connectivity index (χ1) is 14.1. The minimum Gasteiger partial charge on any atom is -0.351 e. The molecule has 0 aromatic heterocycles. The molecule has 3 aliphatic rings. The van der Waals surface area contributed by atoms with Crippen molar-refractivity contribution in [2.75, 3.05) is 0 Å². The molecule has 1 aliphatic heterocycles. The molecule has 2 fully saturated rings. The van der Waals surface area contributed by atoms with E-state index >= 15 is 0 Å². The van der Waals surface area contributed by atoms with E-state index in [4.69, 9.17) is 0 Å². The van der Waals surface area contributed by atoms with Gasteiger partial charge in [0.15, 0.2) is 0 Å². The highest BCUT2D eigenvalue weighted by Gasteiger charge is 2.49. The smallest absolute Gasteiger partial charge is 0.255 e. The maximum atomic E-state index is 13.7.